The van der Waals surface area contributed by atoms with Crippen molar-refractivity contribution in [2.45, 2.75) is 103 Å². The molecule has 0 spiro atoms. The van der Waals surface area contributed by atoms with Gasteiger partial charge in [0.05, 0.1) is 12.2 Å². The number of benzene rings is 1. The van der Waals surface area contributed by atoms with Gasteiger partial charge in [-0.1, -0.05) is 65.5 Å². The van der Waals surface area contributed by atoms with E-state index in [9.17, 15) is 9.59 Å². The Bertz CT molecular complexity index is 1010. The lowest BCUT2D eigenvalue weighted by Gasteiger charge is -2.43. The fourth-order valence-electron chi connectivity index (χ4n) is 5.00. The second kappa shape index (κ2) is 8.96. The van der Waals surface area contributed by atoms with Crippen molar-refractivity contribution in [2.75, 3.05) is 4.90 Å². The number of hydrogen-bond donors (Lipinski definition) is 1. The third-order valence-corrected chi connectivity index (χ3v) is 7.20. The molecule has 1 atom stereocenters. The molecule has 6 nitrogen and oxygen atoms in total. The van der Waals surface area contributed by atoms with Gasteiger partial charge in [-0.2, -0.15) is 5.10 Å². The third kappa shape index (κ3) is 4.57. The van der Waals surface area contributed by atoms with Crippen LogP contribution in [0.25, 0.3) is 0 Å². The van der Waals surface area contributed by atoms with E-state index < -0.39 is 5.54 Å². The molecule has 0 saturated heterocycles. The van der Waals surface area contributed by atoms with Gasteiger partial charge in [-0.15, -0.1) is 0 Å². The van der Waals surface area contributed by atoms with Crippen LogP contribution in [0.5, 0.6) is 0 Å². The number of nitrogens with one attached hydrogen (secondary N) is 1. The molecule has 4 rings (SSSR count). The molecule has 1 saturated carbocycles. The van der Waals surface area contributed by atoms with Gasteiger partial charge in [-0.05, 0) is 49.9 Å². The van der Waals surface area contributed by atoms with Crippen molar-refractivity contribution < 1.29 is 9.59 Å². The lowest BCUT2D eigenvalue weighted by molar-refractivity contribution is -0.127. The topological polar surface area (TPSA) is 67.2 Å². The van der Waals surface area contributed by atoms with Crippen LogP contribution in [-0.4, -0.2) is 33.2 Å². The van der Waals surface area contributed by atoms with E-state index in [1.165, 1.54) is 18.4 Å². The van der Waals surface area contributed by atoms with Crippen LogP contribution in [-0.2, 0) is 23.2 Å². The average Bonchev–Trinajstić information content (AvgIpc) is 3.04. The normalized spacial score (nSPS) is 22.1. The molecule has 1 aromatic heterocycles. The summed E-state index contributed by atoms with van der Waals surface area (Å²) < 4.78 is 1.74. The van der Waals surface area contributed by atoms with E-state index in [-0.39, 0.29) is 23.3 Å². The summed E-state index contributed by atoms with van der Waals surface area (Å²) in [5.41, 5.74) is 2.11. The first-order valence-electron chi connectivity index (χ1n) is 12.5. The highest BCUT2D eigenvalue weighted by Crippen LogP contribution is 2.35. The molecule has 1 aliphatic heterocycles. The fraction of sp³-hybridized carbons (Fsp3) is 0.593. The first kappa shape index (κ1) is 23.5. The first-order valence-corrected chi connectivity index (χ1v) is 12.5. The predicted octanol–water partition coefficient (Wildman–Crippen LogP) is 5.00. The Labute approximate surface area is 197 Å². The molecule has 1 fully saturated rings. The van der Waals surface area contributed by atoms with Gasteiger partial charge in [0, 0.05) is 17.1 Å². The number of rotatable bonds is 4. The molecule has 1 aromatic carbocycles. The maximum absolute atomic E-state index is 13.9. The number of aryl methyl sites for hydroxylation is 1. The molecular weight excluding hydrogens is 412 g/mol. The minimum Gasteiger partial charge on any atom is -0.351 e. The first-order chi connectivity index (χ1) is 15.6. The standard InChI is InChI=1S/C27H38N4O2/c1-6-19-13-15-21(16-14-19)31-24(32)22-17-23(26(2,3)4)29-30(22)18-27(31,5)25(33)28-20-11-9-7-8-10-12-20/h13-17,20H,6-12,18H2,1-5H3,(H,28,33)/t27-/m1/s1. The summed E-state index contributed by atoms with van der Waals surface area (Å²) in [6, 6.07) is 10.1. The number of carbonyl (C=O) groups excluding carboxylic acids is 2. The number of hydrogen-bond acceptors (Lipinski definition) is 3. The second-order valence-electron chi connectivity index (χ2n) is 10.9. The maximum Gasteiger partial charge on any atom is 0.277 e. The molecule has 33 heavy (non-hydrogen) atoms. The van der Waals surface area contributed by atoms with Crippen molar-refractivity contribution in [3.8, 4) is 0 Å². The van der Waals surface area contributed by atoms with Crippen LogP contribution in [0.3, 0.4) is 0 Å². The number of nitrogens with zero attached hydrogens (tertiary/aromatic N) is 3. The Balaban J connectivity index is 1.74. The average molecular weight is 451 g/mol. The van der Waals surface area contributed by atoms with E-state index in [1.807, 2.05) is 37.3 Å². The molecule has 178 valence electrons. The molecule has 2 amide bonds. The Hall–Kier alpha value is -2.63. The van der Waals surface area contributed by atoms with Crippen molar-refractivity contribution >= 4 is 17.5 Å². The largest absolute Gasteiger partial charge is 0.351 e. The molecular formula is C27H38N4O2. The Morgan fingerprint density at radius 2 is 1.76 bits per heavy atom. The summed E-state index contributed by atoms with van der Waals surface area (Å²) >= 11 is 0. The zero-order chi connectivity index (χ0) is 23.8. The van der Waals surface area contributed by atoms with E-state index >= 15 is 0 Å². The van der Waals surface area contributed by atoms with Crippen LogP contribution in [0.4, 0.5) is 5.69 Å². The molecule has 2 heterocycles. The third-order valence-electron chi connectivity index (χ3n) is 7.20. The van der Waals surface area contributed by atoms with Gasteiger partial charge < -0.3 is 5.32 Å². The van der Waals surface area contributed by atoms with Crippen molar-refractivity contribution in [3.05, 3.63) is 47.3 Å². The van der Waals surface area contributed by atoms with Gasteiger partial charge in [0.1, 0.15) is 11.2 Å². The summed E-state index contributed by atoms with van der Waals surface area (Å²) in [6.07, 6.45) is 7.66. The van der Waals surface area contributed by atoms with E-state index in [1.54, 1.807) is 9.58 Å². The minimum absolute atomic E-state index is 0.0965. The summed E-state index contributed by atoms with van der Waals surface area (Å²) in [4.78, 5) is 29.4. The molecule has 1 N–H and O–H groups in total. The SMILES string of the molecule is CCc1ccc(N2C(=O)c3cc(C(C)(C)C)nn3C[C@]2(C)C(=O)NC2CCCCCC2)cc1. The number of fused-ring (bicyclic) bond motifs is 1. The highest BCUT2D eigenvalue weighted by molar-refractivity contribution is 6.11. The Kier molecular flexibility index (Phi) is 6.39. The molecule has 2 aromatic rings. The zero-order valence-corrected chi connectivity index (χ0v) is 20.8. The molecule has 0 radical (unpaired) electrons. The van der Waals surface area contributed by atoms with Gasteiger partial charge in [-0.25, -0.2) is 0 Å². The number of amides is 2. The zero-order valence-electron chi connectivity index (χ0n) is 20.8. The van der Waals surface area contributed by atoms with Gasteiger partial charge >= 0.3 is 0 Å². The van der Waals surface area contributed by atoms with E-state index in [0.717, 1.165) is 43.5 Å². The summed E-state index contributed by atoms with van der Waals surface area (Å²) in [7, 11) is 0. The summed E-state index contributed by atoms with van der Waals surface area (Å²) in [6.45, 7) is 10.6. The Morgan fingerprint density at radius 1 is 1.12 bits per heavy atom. The van der Waals surface area contributed by atoms with Crippen molar-refractivity contribution in [1.82, 2.24) is 15.1 Å². The quantitative estimate of drug-likeness (QED) is 0.667. The van der Waals surface area contributed by atoms with Gasteiger partial charge in [0.25, 0.3) is 5.91 Å². The Morgan fingerprint density at radius 3 is 2.33 bits per heavy atom. The van der Waals surface area contributed by atoms with Crippen molar-refractivity contribution in [2.24, 2.45) is 0 Å². The van der Waals surface area contributed by atoms with Crippen LogP contribution in [0.15, 0.2) is 30.3 Å². The molecule has 6 heteroatoms. The molecule has 0 bridgehead atoms. The van der Waals surface area contributed by atoms with Crippen LogP contribution >= 0.6 is 0 Å². The smallest absolute Gasteiger partial charge is 0.277 e. The molecule has 1 aliphatic carbocycles. The monoisotopic (exact) mass is 450 g/mol. The van der Waals surface area contributed by atoms with Gasteiger partial charge in [-0.3, -0.25) is 19.2 Å². The predicted molar refractivity (Wildman–Crippen MR) is 132 cm³/mol. The van der Waals surface area contributed by atoms with Crippen LogP contribution in [0.1, 0.15) is 94.9 Å². The highest BCUT2D eigenvalue weighted by atomic mass is 16.2. The second-order valence-corrected chi connectivity index (χ2v) is 10.9. The maximum atomic E-state index is 13.9. The summed E-state index contributed by atoms with van der Waals surface area (Å²) in [5.74, 6) is -0.271. The van der Waals surface area contributed by atoms with Crippen molar-refractivity contribution in [3.63, 3.8) is 0 Å². The van der Waals surface area contributed by atoms with Gasteiger partial charge in [0.2, 0.25) is 5.91 Å². The molecule has 0 unspecified atom stereocenters. The molecule has 2 aliphatic rings. The highest BCUT2D eigenvalue weighted by Gasteiger charge is 2.49. The van der Waals surface area contributed by atoms with Crippen LogP contribution < -0.4 is 10.2 Å². The van der Waals surface area contributed by atoms with Crippen LogP contribution in [0.2, 0.25) is 0 Å². The van der Waals surface area contributed by atoms with E-state index in [4.69, 9.17) is 5.10 Å². The number of aromatic nitrogens is 2. The lowest BCUT2D eigenvalue weighted by Crippen LogP contribution is -2.65. The fourth-order valence-corrected chi connectivity index (χ4v) is 5.00. The van der Waals surface area contributed by atoms with Crippen molar-refractivity contribution in [1.29, 1.82) is 0 Å². The van der Waals surface area contributed by atoms with E-state index in [0.29, 0.717) is 12.2 Å². The number of anilines is 1. The lowest BCUT2D eigenvalue weighted by atomic mass is 9.91. The summed E-state index contributed by atoms with van der Waals surface area (Å²) in [5, 5.41) is 8.06. The number of carbonyl (C=O) groups is 2. The van der Waals surface area contributed by atoms with Gasteiger partial charge in [0.15, 0.2) is 0 Å². The van der Waals surface area contributed by atoms with E-state index in [2.05, 4.69) is 33.0 Å². The van der Waals surface area contributed by atoms with Crippen LogP contribution in [0, 0.1) is 0 Å². The minimum atomic E-state index is -1.06.